The lowest BCUT2D eigenvalue weighted by Crippen LogP contribution is -2.44. The third-order valence-electron chi connectivity index (χ3n) is 4.86. The molecule has 0 aromatic heterocycles. The Morgan fingerprint density at radius 2 is 1.63 bits per heavy atom. The first-order valence-corrected chi connectivity index (χ1v) is 7.30. The summed E-state index contributed by atoms with van der Waals surface area (Å²) in [6.45, 7) is 4.64. The molecule has 1 aliphatic carbocycles. The van der Waals surface area contributed by atoms with Gasteiger partial charge in [-0.05, 0) is 62.7 Å². The van der Waals surface area contributed by atoms with E-state index in [4.69, 9.17) is 5.73 Å². The van der Waals surface area contributed by atoms with E-state index >= 15 is 0 Å². The number of nitrogens with zero attached hydrogens (tertiary/aromatic N) is 1. The van der Waals surface area contributed by atoms with Gasteiger partial charge in [0.05, 0.1) is 0 Å². The molecule has 1 atom stereocenters. The van der Waals surface area contributed by atoms with Gasteiger partial charge in [0, 0.05) is 12.1 Å². The molecule has 106 valence electrons. The standard InChI is InChI=1S/C16H24N2.ClH/c1-12(17)13-6-8-18(9-7-13)16-10-14-4-2-3-5-15(14)11-16;/h2-5,12-13,16H,6-11,17H2,1H3;1H. The van der Waals surface area contributed by atoms with Gasteiger partial charge < -0.3 is 5.73 Å². The van der Waals surface area contributed by atoms with E-state index in [1.807, 2.05) is 0 Å². The summed E-state index contributed by atoms with van der Waals surface area (Å²) in [5, 5.41) is 0. The summed E-state index contributed by atoms with van der Waals surface area (Å²) >= 11 is 0. The summed E-state index contributed by atoms with van der Waals surface area (Å²) in [5.74, 6) is 0.741. The first-order valence-electron chi connectivity index (χ1n) is 7.30. The van der Waals surface area contributed by atoms with Crippen LogP contribution in [0.2, 0.25) is 0 Å². The van der Waals surface area contributed by atoms with Crippen molar-refractivity contribution >= 4 is 12.4 Å². The Balaban J connectivity index is 0.00000133. The fourth-order valence-corrected chi connectivity index (χ4v) is 3.60. The first-order chi connectivity index (χ1) is 8.74. The smallest absolute Gasteiger partial charge is 0.0176 e. The number of piperidine rings is 1. The monoisotopic (exact) mass is 280 g/mol. The molecule has 3 heteroatoms. The molecule has 1 fully saturated rings. The number of fused-ring (bicyclic) bond motifs is 1. The van der Waals surface area contributed by atoms with Crippen LogP contribution in [0.4, 0.5) is 0 Å². The fraction of sp³-hybridized carbons (Fsp3) is 0.625. The van der Waals surface area contributed by atoms with Crippen LogP contribution in [-0.2, 0) is 12.8 Å². The maximum absolute atomic E-state index is 6.02. The molecule has 1 aromatic rings. The molecule has 1 saturated heterocycles. The van der Waals surface area contributed by atoms with E-state index in [1.54, 1.807) is 11.1 Å². The zero-order valence-corrected chi connectivity index (χ0v) is 12.5. The number of hydrogen-bond acceptors (Lipinski definition) is 2. The van der Waals surface area contributed by atoms with Crippen LogP contribution < -0.4 is 5.73 Å². The SMILES string of the molecule is CC(N)C1CCN(C2Cc3ccccc3C2)CC1.Cl. The third-order valence-corrected chi connectivity index (χ3v) is 4.86. The second-order valence-electron chi connectivity index (χ2n) is 6.06. The van der Waals surface area contributed by atoms with E-state index in [0.29, 0.717) is 6.04 Å². The van der Waals surface area contributed by atoms with Crippen molar-refractivity contribution in [3.63, 3.8) is 0 Å². The van der Waals surface area contributed by atoms with Crippen molar-refractivity contribution in [1.29, 1.82) is 0 Å². The minimum Gasteiger partial charge on any atom is -0.328 e. The van der Waals surface area contributed by atoms with Crippen molar-refractivity contribution in [2.75, 3.05) is 13.1 Å². The Kier molecular flexibility index (Phi) is 4.88. The molecule has 19 heavy (non-hydrogen) atoms. The predicted molar refractivity (Wildman–Crippen MR) is 82.8 cm³/mol. The van der Waals surface area contributed by atoms with Crippen LogP contribution in [0.25, 0.3) is 0 Å². The molecule has 2 N–H and O–H groups in total. The maximum atomic E-state index is 6.02. The molecule has 2 aliphatic rings. The average Bonchev–Trinajstić information content (AvgIpc) is 2.82. The lowest BCUT2D eigenvalue weighted by atomic mass is 9.90. The van der Waals surface area contributed by atoms with Gasteiger partial charge in [-0.2, -0.15) is 0 Å². The largest absolute Gasteiger partial charge is 0.328 e. The normalized spacial score (nSPS) is 22.8. The highest BCUT2D eigenvalue weighted by atomic mass is 35.5. The molecule has 1 heterocycles. The van der Waals surface area contributed by atoms with Crippen molar-refractivity contribution in [2.24, 2.45) is 11.7 Å². The lowest BCUT2D eigenvalue weighted by Gasteiger charge is -2.37. The summed E-state index contributed by atoms with van der Waals surface area (Å²) in [6, 6.07) is 10.0. The van der Waals surface area contributed by atoms with E-state index in [0.717, 1.165) is 12.0 Å². The van der Waals surface area contributed by atoms with Crippen LogP contribution in [0.5, 0.6) is 0 Å². The van der Waals surface area contributed by atoms with Gasteiger partial charge in [0.25, 0.3) is 0 Å². The van der Waals surface area contributed by atoms with Gasteiger partial charge >= 0.3 is 0 Å². The minimum atomic E-state index is 0. The van der Waals surface area contributed by atoms with Crippen LogP contribution in [0.1, 0.15) is 30.9 Å². The third kappa shape index (κ3) is 3.13. The first kappa shape index (κ1) is 14.8. The lowest BCUT2D eigenvalue weighted by molar-refractivity contribution is 0.128. The van der Waals surface area contributed by atoms with Gasteiger partial charge in [-0.1, -0.05) is 24.3 Å². The molecule has 0 radical (unpaired) electrons. The fourth-order valence-electron chi connectivity index (χ4n) is 3.60. The van der Waals surface area contributed by atoms with Crippen molar-refractivity contribution in [3.8, 4) is 0 Å². The number of halogens is 1. The summed E-state index contributed by atoms with van der Waals surface area (Å²) in [6.07, 6.45) is 5.06. The van der Waals surface area contributed by atoms with Gasteiger partial charge in [0.2, 0.25) is 0 Å². The maximum Gasteiger partial charge on any atom is 0.0176 e. The average molecular weight is 281 g/mol. The van der Waals surface area contributed by atoms with Crippen molar-refractivity contribution in [1.82, 2.24) is 4.90 Å². The van der Waals surface area contributed by atoms with Gasteiger partial charge in [-0.25, -0.2) is 0 Å². The zero-order chi connectivity index (χ0) is 12.5. The van der Waals surface area contributed by atoms with Crippen LogP contribution in [0, 0.1) is 5.92 Å². The summed E-state index contributed by atoms with van der Waals surface area (Å²) in [4.78, 5) is 2.69. The predicted octanol–water partition coefficient (Wildman–Crippen LogP) is 2.63. The number of benzene rings is 1. The highest BCUT2D eigenvalue weighted by Gasteiger charge is 2.30. The summed E-state index contributed by atoms with van der Waals surface area (Å²) < 4.78 is 0. The van der Waals surface area contributed by atoms with Gasteiger partial charge in [0.1, 0.15) is 0 Å². The number of nitrogens with two attached hydrogens (primary N) is 1. The summed E-state index contributed by atoms with van der Waals surface area (Å²) in [7, 11) is 0. The molecule has 2 nitrogen and oxygen atoms in total. The number of hydrogen-bond donors (Lipinski definition) is 1. The molecular formula is C16H25ClN2. The topological polar surface area (TPSA) is 29.3 Å². The Labute approximate surface area is 122 Å². The highest BCUT2D eigenvalue weighted by Crippen LogP contribution is 2.29. The van der Waals surface area contributed by atoms with Gasteiger partial charge in [0.15, 0.2) is 0 Å². The molecule has 1 unspecified atom stereocenters. The second-order valence-corrected chi connectivity index (χ2v) is 6.06. The molecule has 1 aromatic carbocycles. The van der Waals surface area contributed by atoms with Gasteiger partial charge in [-0.3, -0.25) is 4.90 Å². The molecule has 3 rings (SSSR count). The molecule has 0 bridgehead atoms. The Bertz CT molecular complexity index is 386. The van der Waals surface area contributed by atoms with Crippen LogP contribution in [-0.4, -0.2) is 30.1 Å². The Morgan fingerprint density at radius 1 is 1.11 bits per heavy atom. The second kappa shape index (κ2) is 6.25. The van der Waals surface area contributed by atoms with Crippen molar-refractivity contribution in [2.45, 2.75) is 44.7 Å². The van der Waals surface area contributed by atoms with Crippen LogP contribution >= 0.6 is 12.4 Å². The van der Waals surface area contributed by atoms with Crippen LogP contribution in [0.3, 0.4) is 0 Å². The zero-order valence-electron chi connectivity index (χ0n) is 11.7. The highest BCUT2D eigenvalue weighted by molar-refractivity contribution is 5.85. The molecule has 0 saturated carbocycles. The molecule has 1 aliphatic heterocycles. The molecular weight excluding hydrogens is 256 g/mol. The van der Waals surface area contributed by atoms with E-state index in [1.165, 1.54) is 38.8 Å². The van der Waals surface area contributed by atoms with E-state index in [2.05, 4.69) is 36.1 Å². The Hall–Kier alpha value is -0.570. The van der Waals surface area contributed by atoms with E-state index < -0.39 is 0 Å². The minimum absolute atomic E-state index is 0. The molecule has 0 spiro atoms. The van der Waals surface area contributed by atoms with E-state index in [9.17, 15) is 0 Å². The number of rotatable bonds is 2. The van der Waals surface area contributed by atoms with E-state index in [-0.39, 0.29) is 12.4 Å². The van der Waals surface area contributed by atoms with Crippen molar-refractivity contribution < 1.29 is 0 Å². The van der Waals surface area contributed by atoms with Crippen LogP contribution in [0.15, 0.2) is 24.3 Å². The Morgan fingerprint density at radius 3 is 2.11 bits per heavy atom. The quantitative estimate of drug-likeness (QED) is 0.902. The van der Waals surface area contributed by atoms with Gasteiger partial charge in [-0.15, -0.1) is 12.4 Å². The van der Waals surface area contributed by atoms with Crippen molar-refractivity contribution in [3.05, 3.63) is 35.4 Å². The molecule has 0 amide bonds. The summed E-state index contributed by atoms with van der Waals surface area (Å²) in [5.41, 5.74) is 9.15. The number of likely N-dealkylation sites (tertiary alicyclic amines) is 1.